The first-order valence-corrected chi connectivity index (χ1v) is 6.41. The maximum Gasteiger partial charge on any atom is 0.255 e. The minimum atomic E-state index is -0.204. The molecule has 0 aliphatic carbocycles. The molecule has 0 bridgehead atoms. The molecule has 0 fully saturated rings. The van der Waals surface area contributed by atoms with Crippen LogP contribution in [0.1, 0.15) is 10.4 Å². The smallest absolute Gasteiger partial charge is 0.255 e. The van der Waals surface area contributed by atoms with E-state index in [1.807, 2.05) is 7.05 Å². The fraction of sp³-hybridized carbons (Fsp3) is 0.462. The van der Waals surface area contributed by atoms with Crippen molar-refractivity contribution in [3.63, 3.8) is 0 Å². The van der Waals surface area contributed by atoms with E-state index in [4.69, 9.17) is 21.1 Å². The highest BCUT2D eigenvalue weighted by Gasteiger charge is 2.12. The number of likely N-dealkylation sites (N-methyl/N-ethyl adjacent to an activating group) is 1. The minimum Gasteiger partial charge on any atom is -0.490 e. The molecule has 0 spiro atoms. The maximum atomic E-state index is 12.0. The monoisotopic (exact) mass is 286 g/mol. The van der Waals surface area contributed by atoms with E-state index in [9.17, 15) is 4.79 Å². The largest absolute Gasteiger partial charge is 0.490 e. The lowest BCUT2D eigenvalue weighted by Crippen LogP contribution is -2.30. The number of carbonyl (C=O) groups is 1. The standard InChI is InChI=1S/C13H19ClN2O3/c1-15-5-6-16-13(17)11-9-10(14)3-4-12(11)19-8-7-18-2/h3-4,9,15H,5-8H2,1-2H3,(H,16,17). The van der Waals surface area contributed by atoms with Gasteiger partial charge in [-0.05, 0) is 25.2 Å². The second-order valence-electron chi connectivity index (χ2n) is 3.84. The van der Waals surface area contributed by atoms with Crippen LogP contribution in [-0.4, -0.2) is 46.4 Å². The maximum absolute atomic E-state index is 12.0. The number of methoxy groups -OCH3 is 1. The van der Waals surface area contributed by atoms with E-state index in [1.54, 1.807) is 25.3 Å². The number of amides is 1. The summed E-state index contributed by atoms with van der Waals surface area (Å²) in [5, 5.41) is 6.24. The van der Waals surface area contributed by atoms with Crippen molar-refractivity contribution in [2.24, 2.45) is 0 Å². The van der Waals surface area contributed by atoms with Crippen molar-refractivity contribution in [2.75, 3.05) is 40.5 Å². The molecule has 0 saturated carbocycles. The molecule has 1 aromatic rings. The van der Waals surface area contributed by atoms with Crippen molar-refractivity contribution in [3.05, 3.63) is 28.8 Å². The van der Waals surface area contributed by atoms with Crippen LogP contribution < -0.4 is 15.4 Å². The van der Waals surface area contributed by atoms with Gasteiger partial charge >= 0.3 is 0 Å². The first-order valence-electron chi connectivity index (χ1n) is 6.03. The molecule has 0 saturated heterocycles. The number of ether oxygens (including phenoxy) is 2. The fourth-order valence-electron chi connectivity index (χ4n) is 1.44. The number of halogens is 1. The van der Waals surface area contributed by atoms with Crippen LogP contribution in [0, 0.1) is 0 Å². The Bertz CT molecular complexity index is 413. The van der Waals surface area contributed by atoms with Crippen LogP contribution in [0.5, 0.6) is 5.75 Å². The zero-order chi connectivity index (χ0) is 14.1. The summed E-state index contributed by atoms with van der Waals surface area (Å²) < 4.78 is 10.4. The SMILES string of the molecule is CNCCNC(=O)c1cc(Cl)ccc1OCCOC. The molecule has 5 nitrogen and oxygen atoms in total. The molecule has 0 atom stereocenters. The van der Waals surface area contributed by atoms with Gasteiger partial charge in [-0.1, -0.05) is 11.6 Å². The summed E-state index contributed by atoms with van der Waals surface area (Å²) in [5.74, 6) is 0.300. The Labute approximate surface area is 118 Å². The van der Waals surface area contributed by atoms with Gasteiger partial charge in [0.2, 0.25) is 0 Å². The van der Waals surface area contributed by atoms with Gasteiger partial charge in [-0.25, -0.2) is 0 Å². The van der Waals surface area contributed by atoms with Crippen LogP contribution in [0.15, 0.2) is 18.2 Å². The van der Waals surface area contributed by atoms with Crippen LogP contribution in [0.3, 0.4) is 0 Å². The molecule has 0 aliphatic heterocycles. The van der Waals surface area contributed by atoms with Crippen molar-refractivity contribution in [3.8, 4) is 5.75 Å². The number of benzene rings is 1. The van der Waals surface area contributed by atoms with Gasteiger partial charge in [0.15, 0.2) is 0 Å². The topological polar surface area (TPSA) is 59.6 Å². The molecule has 1 aromatic carbocycles. The second-order valence-corrected chi connectivity index (χ2v) is 4.28. The summed E-state index contributed by atoms with van der Waals surface area (Å²) in [5.41, 5.74) is 0.430. The first-order chi connectivity index (χ1) is 9.19. The van der Waals surface area contributed by atoms with Crippen LogP contribution in [-0.2, 0) is 4.74 Å². The van der Waals surface area contributed by atoms with Gasteiger partial charge in [-0.2, -0.15) is 0 Å². The zero-order valence-electron chi connectivity index (χ0n) is 11.2. The van der Waals surface area contributed by atoms with Crippen LogP contribution in [0.4, 0.5) is 0 Å². The van der Waals surface area contributed by atoms with Crippen LogP contribution >= 0.6 is 11.6 Å². The van der Waals surface area contributed by atoms with E-state index in [-0.39, 0.29) is 5.91 Å². The first kappa shape index (κ1) is 15.8. The molecule has 0 aliphatic rings. The summed E-state index contributed by atoms with van der Waals surface area (Å²) >= 11 is 5.91. The van der Waals surface area contributed by atoms with Gasteiger partial charge in [0.25, 0.3) is 5.91 Å². The molecule has 0 radical (unpaired) electrons. The summed E-state index contributed by atoms with van der Waals surface area (Å²) in [6.45, 7) is 2.09. The van der Waals surface area contributed by atoms with Gasteiger partial charge in [0.1, 0.15) is 12.4 Å². The summed E-state index contributed by atoms with van der Waals surface area (Å²) in [4.78, 5) is 12.0. The minimum absolute atomic E-state index is 0.204. The zero-order valence-corrected chi connectivity index (χ0v) is 11.9. The Kier molecular flexibility index (Phi) is 7.25. The number of carbonyl (C=O) groups excluding carboxylic acids is 1. The lowest BCUT2D eigenvalue weighted by molar-refractivity contribution is 0.0946. The van der Waals surface area contributed by atoms with Gasteiger partial charge < -0.3 is 20.1 Å². The third kappa shape index (κ3) is 5.46. The number of rotatable bonds is 8. The molecule has 19 heavy (non-hydrogen) atoms. The number of hydrogen-bond acceptors (Lipinski definition) is 4. The highest BCUT2D eigenvalue weighted by Crippen LogP contribution is 2.22. The van der Waals surface area contributed by atoms with E-state index in [0.29, 0.717) is 42.6 Å². The molecule has 6 heteroatoms. The average Bonchev–Trinajstić information content (AvgIpc) is 2.40. The van der Waals surface area contributed by atoms with Crippen LogP contribution in [0.2, 0.25) is 5.02 Å². The van der Waals surface area contributed by atoms with Crippen molar-refractivity contribution in [1.82, 2.24) is 10.6 Å². The van der Waals surface area contributed by atoms with Gasteiger partial charge in [-0.3, -0.25) is 4.79 Å². The van der Waals surface area contributed by atoms with E-state index in [0.717, 1.165) is 0 Å². The Morgan fingerprint density at radius 2 is 2.11 bits per heavy atom. The number of nitrogens with one attached hydrogen (secondary N) is 2. The van der Waals surface area contributed by atoms with Crippen molar-refractivity contribution < 1.29 is 14.3 Å². The van der Waals surface area contributed by atoms with Crippen molar-refractivity contribution >= 4 is 17.5 Å². The molecule has 0 aromatic heterocycles. The Morgan fingerprint density at radius 3 is 2.79 bits per heavy atom. The third-order valence-corrected chi connectivity index (χ3v) is 2.63. The average molecular weight is 287 g/mol. The van der Waals surface area contributed by atoms with E-state index in [2.05, 4.69) is 10.6 Å². The highest BCUT2D eigenvalue weighted by molar-refractivity contribution is 6.31. The van der Waals surface area contributed by atoms with Crippen molar-refractivity contribution in [2.45, 2.75) is 0 Å². The molecular weight excluding hydrogens is 268 g/mol. The van der Waals surface area contributed by atoms with E-state index < -0.39 is 0 Å². The van der Waals surface area contributed by atoms with Gasteiger partial charge in [0.05, 0.1) is 12.2 Å². The van der Waals surface area contributed by atoms with E-state index >= 15 is 0 Å². The van der Waals surface area contributed by atoms with Crippen molar-refractivity contribution in [1.29, 1.82) is 0 Å². The summed E-state index contributed by atoms with van der Waals surface area (Å²) in [6.07, 6.45) is 0. The normalized spacial score (nSPS) is 10.3. The fourth-order valence-corrected chi connectivity index (χ4v) is 1.61. The molecule has 0 heterocycles. The van der Waals surface area contributed by atoms with Crippen LogP contribution in [0.25, 0.3) is 0 Å². The lowest BCUT2D eigenvalue weighted by atomic mass is 10.2. The molecule has 1 amide bonds. The molecule has 0 unspecified atom stereocenters. The molecule has 106 valence electrons. The predicted molar refractivity (Wildman–Crippen MR) is 75.1 cm³/mol. The Balaban J connectivity index is 2.72. The molecule has 2 N–H and O–H groups in total. The van der Waals surface area contributed by atoms with E-state index in [1.165, 1.54) is 0 Å². The quantitative estimate of drug-likeness (QED) is 0.708. The van der Waals surface area contributed by atoms with Gasteiger partial charge in [0, 0.05) is 25.2 Å². The Morgan fingerprint density at radius 1 is 1.32 bits per heavy atom. The summed E-state index contributed by atoms with van der Waals surface area (Å²) in [7, 11) is 3.42. The van der Waals surface area contributed by atoms with Gasteiger partial charge in [-0.15, -0.1) is 0 Å². The second kappa shape index (κ2) is 8.74. The number of hydrogen-bond donors (Lipinski definition) is 2. The summed E-state index contributed by atoms with van der Waals surface area (Å²) in [6, 6.07) is 4.97. The lowest BCUT2D eigenvalue weighted by Gasteiger charge is -2.12. The molecular formula is C13H19ClN2O3. The third-order valence-electron chi connectivity index (χ3n) is 2.39. The Hall–Kier alpha value is -1.30. The highest BCUT2D eigenvalue weighted by atomic mass is 35.5. The molecule has 1 rings (SSSR count). The predicted octanol–water partition coefficient (Wildman–Crippen LogP) is 1.31.